The summed E-state index contributed by atoms with van der Waals surface area (Å²) < 4.78 is 14.9. The third kappa shape index (κ3) is 4.71. The minimum absolute atomic E-state index is 0.0839. The highest BCUT2D eigenvalue weighted by atomic mass is 32.1. The fraction of sp³-hybridized carbons (Fsp3) is 0.238. The quantitative estimate of drug-likeness (QED) is 0.669. The average molecular weight is 384 g/mol. The van der Waals surface area contributed by atoms with Gasteiger partial charge in [-0.15, -0.1) is 0 Å². The maximum Gasteiger partial charge on any atom is 0.308 e. The molecular formula is C21H21FN2O2S. The zero-order chi connectivity index (χ0) is 19.2. The number of carbonyl (C=O) groups is 1. The molecule has 27 heavy (non-hydrogen) atoms. The monoisotopic (exact) mass is 384 g/mol. The maximum atomic E-state index is 13.5. The highest BCUT2D eigenvalue weighted by molar-refractivity contribution is 7.07. The van der Waals surface area contributed by atoms with Crippen molar-refractivity contribution in [2.24, 2.45) is 0 Å². The molecule has 1 atom stereocenters. The minimum Gasteiger partial charge on any atom is -0.354 e. The second-order valence-electron chi connectivity index (χ2n) is 6.30. The van der Waals surface area contributed by atoms with Gasteiger partial charge in [-0.1, -0.05) is 60.7 Å². The zero-order valence-electron chi connectivity index (χ0n) is 15.0. The SMILES string of the molecule is CCC(CNC(=O)Cn1c(-c2cccc(F)c2)csc1=O)c1ccccc1. The highest BCUT2D eigenvalue weighted by Gasteiger charge is 2.15. The summed E-state index contributed by atoms with van der Waals surface area (Å²) in [6, 6.07) is 16.0. The summed E-state index contributed by atoms with van der Waals surface area (Å²) in [5.74, 6) is -0.393. The van der Waals surface area contributed by atoms with Crippen LogP contribution in [0.1, 0.15) is 24.8 Å². The number of rotatable bonds is 7. The Bertz CT molecular complexity index is 966. The number of amides is 1. The van der Waals surface area contributed by atoms with Crippen LogP contribution in [0.2, 0.25) is 0 Å². The largest absolute Gasteiger partial charge is 0.354 e. The molecule has 1 unspecified atom stereocenters. The first-order chi connectivity index (χ1) is 13.1. The molecule has 0 aliphatic rings. The Balaban J connectivity index is 1.70. The molecule has 1 amide bonds. The molecular weight excluding hydrogens is 363 g/mol. The van der Waals surface area contributed by atoms with Crippen LogP contribution < -0.4 is 10.2 Å². The summed E-state index contributed by atoms with van der Waals surface area (Å²) in [6.45, 7) is 2.50. The summed E-state index contributed by atoms with van der Waals surface area (Å²) in [4.78, 5) is 24.3. The molecule has 1 heterocycles. The van der Waals surface area contributed by atoms with Gasteiger partial charge >= 0.3 is 4.87 Å². The molecule has 6 heteroatoms. The van der Waals surface area contributed by atoms with Crippen molar-refractivity contribution in [3.63, 3.8) is 0 Å². The van der Waals surface area contributed by atoms with Gasteiger partial charge in [-0.05, 0) is 24.1 Å². The van der Waals surface area contributed by atoms with E-state index in [4.69, 9.17) is 0 Å². The van der Waals surface area contributed by atoms with Crippen molar-refractivity contribution in [3.05, 3.63) is 81.0 Å². The standard InChI is InChI=1S/C21H21FN2O2S/c1-2-15(16-7-4-3-5-8-16)12-23-20(25)13-24-19(14-27-21(24)26)17-9-6-10-18(22)11-17/h3-11,14-15H,2,12-13H2,1H3,(H,23,25). The molecule has 0 aliphatic heterocycles. The Morgan fingerprint density at radius 3 is 2.67 bits per heavy atom. The molecule has 0 aliphatic carbocycles. The van der Waals surface area contributed by atoms with Crippen LogP contribution in [0.3, 0.4) is 0 Å². The molecule has 0 bridgehead atoms. The van der Waals surface area contributed by atoms with Gasteiger partial charge in [0.15, 0.2) is 0 Å². The van der Waals surface area contributed by atoms with Gasteiger partial charge in [-0.3, -0.25) is 14.2 Å². The van der Waals surface area contributed by atoms with Crippen LogP contribution in [-0.4, -0.2) is 17.0 Å². The highest BCUT2D eigenvalue weighted by Crippen LogP contribution is 2.21. The van der Waals surface area contributed by atoms with E-state index in [-0.39, 0.29) is 29.1 Å². The van der Waals surface area contributed by atoms with E-state index in [1.54, 1.807) is 17.5 Å². The number of hydrogen-bond donors (Lipinski definition) is 1. The summed E-state index contributed by atoms with van der Waals surface area (Å²) in [5.41, 5.74) is 2.31. The molecule has 0 spiro atoms. The molecule has 0 radical (unpaired) electrons. The van der Waals surface area contributed by atoms with Crippen molar-refractivity contribution in [2.45, 2.75) is 25.8 Å². The van der Waals surface area contributed by atoms with Crippen molar-refractivity contribution in [2.75, 3.05) is 6.54 Å². The van der Waals surface area contributed by atoms with E-state index in [1.165, 1.54) is 22.3 Å². The first kappa shape index (κ1) is 19.0. The minimum atomic E-state index is -0.379. The molecule has 0 saturated carbocycles. The molecule has 140 valence electrons. The third-order valence-electron chi connectivity index (χ3n) is 4.51. The van der Waals surface area contributed by atoms with Gasteiger partial charge in [0, 0.05) is 23.4 Å². The average Bonchev–Trinajstić information content (AvgIpc) is 3.03. The van der Waals surface area contributed by atoms with Crippen LogP contribution >= 0.6 is 11.3 Å². The lowest BCUT2D eigenvalue weighted by Gasteiger charge is -2.16. The third-order valence-corrected chi connectivity index (χ3v) is 5.28. The van der Waals surface area contributed by atoms with E-state index in [1.807, 2.05) is 30.3 Å². The number of benzene rings is 2. The van der Waals surface area contributed by atoms with Crippen LogP contribution in [0, 0.1) is 5.82 Å². The number of aromatic nitrogens is 1. The number of hydrogen-bond acceptors (Lipinski definition) is 3. The maximum absolute atomic E-state index is 13.5. The van der Waals surface area contributed by atoms with Gasteiger partial charge in [0.2, 0.25) is 5.91 Å². The van der Waals surface area contributed by atoms with E-state index < -0.39 is 0 Å². The summed E-state index contributed by atoms with van der Waals surface area (Å²) in [6.07, 6.45) is 0.900. The van der Waals surface area contributed by atoms with Gasteiger partial charge in [0.25, 0.3) is 0 Å². The fourth-order valence-electron chi connectivity index (χ4n) is 3.01. The van der Waals surface area contributed by atoms with Crippen molar-refractivity contribution in [3.8, 4) is 11.3 Å². The molecule has 4 nitrogen and oxygen atoms in total. The summed E-state index contributed by atoms with van der Waals surface area (Å²) in [5, 5.41) is 4.58. The van der Waals surface area contributed by atoms with E-state index >= 15 is 0 Å². The predicted octanol–water partition coefficient (Wildman–Crippen LogP) is 4.03. The van der Waals surface area contributed by atoms with Gasteiger partial charge in [-0.2, -0.15) is 0 Å². The molecule has 1 N–H and O–H groups in total. The van der Waals surface area contributed by atoms with E-state index in [0.717, 1.165) is 17.8 Å². The zero-order valence-corrected chi connectivity index (χ0v) is 15.8. The van der Waals surface area contributed by atoms with E-state index in [2.05, 4.69) is 12.2 Å². The Labute approximate surface area is 161 Å². The Morgan fingerprint density at radius 2 is 1.96 bits per heavy atom. The van der Waals surface area contributed by atoms with Crippen molar-refractivity contribution < 1.29 is 9.18 Å². The summed E-state index contributed by atoms with van der Waals surface area (Å²) >= 11 is 1.00. The van der Waals surface area contributed by atoms with E-state index in [0.29, 0.717) is 17.8 Å². The van der Waals surface area contributed by atoms with Gasteiger partial charge < -0.3 is 5.32 Å². The molecule has 0 fully saturated rings. The predicted molar refractivity (Wildman–Crippen MR) is 106 cm³/mol. The van der Waals surface area contributed by atoms with Gasteiger partial charge in [0.1, 0.15) is 12.4 Å². The fourth-order valence-corrected chi connectivity index (χ4v) is 3.78. The topological polar surface area (TPSA) is 51.1 Å². The van der Waals surface area contributed by atoms with Crippen LogP contribution in [0.4, 0.5) is 4.39 Å². The lowest BCUT2D eigenvalue weighted by molar-refractivity contribution is -0.121. The van der Waals surface area contributed by atoms with Crippen molar-refractivity contribution in [1.82, 2.24) is 9.88 Å². The first-order valence-electron chi connectivity index (χ1n) is 8.84. The second kappa shape index (κ2) is 8.77. The Morgan fingerprint density at radius 1 is 1.19 bits per heavy atom. The Kier molecular flexibility index (Phi) is 6.19. The molecule has 0 saturated heterocycles. The van der Waals surface area contributed by atoms with Crippen LogP contribution in [0.15, 0.2) is 64.8 Å². The van der Waals surface area contributed by atoms with Crippen LogP contribution in [0.5, 0.6) is 0 Å². The van der Waals surface area contributed by atoms with Crippen molar-refractivity contribution in [1.29, 1.82) is 0 Å². The van der Waals surface area contributed by atoms with Crippen LogP contribution in [0.25, 0.3) is 11.3 Å². The smallest absolute Gasteiger partial charge is 0.308 e. The van der Waals surface area contributed by atoms with Gasteiger partial charge in [-0.25, -0.2) is 4.39 Å². The Hall–Kier alpha value is -2.73. The summed E-state index contributed by atoms with van der Waals surface area (Å²) in [7, 11) is 0. The second-order valence-corrected chi connectivity index (χ2v) is 7.12. The molecule has 3 rings (SSSR count). The normalized spacial score (nSPS) is 11.9. The number of halogens is 1. The molecule has 2 aromatic carbocycles. The number of thiazole rings is 1. The lowest BCUT2D eigenvalue weighted by atomic mass is 9.96. The van der Waals surface area contributed by atoms with Crippen molar-refractivity contribution >= 4 is 17.2 Å². The number of nitrogens with one attached hydrogen (secondary N) is 1. The first-order valence-corrected chi connectivity index (χ1v) is 9.72. The number of carbonyl (C=O) groups excluding carboxylic acids is 1. The molecule has 1 aromatic heterocycles. The molecule has 3 aromatic rings. The van der Waals surface area contributed by atoms with Crippen LogP contribution in [-0.2, 0) is 11.3 Å². The lowest BCUT2D eigenvalue weighted by Crippen LogP contribution is -2.33. The number of nitrogens with zero attached hydrogens (tertiary/aromatic N) is 1. The van der Waals surface area contributed by atoms with Gasteiger partial charge in [0.05, 0.1) is 5.69 Å². The van der Waals surface area contributed by atoms with E-state index in [9.17, 15) is 14.0 Å².